The van der Waals surface area contributed by atoms with E-state index in [4.69, 9.17) is 9.47 Å². The summed E-state index contributed by atoms with van der Waals surface area (Å²) < 4.78 is 70.1. The summed E-state index contributed by atoms with van der Waals surface area (Å²) in [6, 6.07) is -9.16. The number of likely N-dealkylation sites (N-methyl/N-ethyl adjacent to an activating group) is 7. The van der Waals surface area contributed by atoms with Gasteiger partial charge in [0, 0.05) is 89.1 Å². The summed E-state index contributed by atoms with van der Waals surface area (Å²) in [4.78, 5) is 193. The molecule has 12 amide bonds. The number of amides is 12. The first-order valence-electron chi connectivity index (χ1n) is 40.6. The Balaban J connectivity index is 1.31. The monoisotopic (exact) mass is 1550 g/mol. The van der Waals surface area contributed by atoms with Gasteiger partial charge < -0.3 is 69.5 Å². The second kappa shape index (κ2) is 40.7. The van der Waals surface area contributed by atoms with Crippen molar-refractivity contribution < 1.29 is 84.6 Å². The van der Waals surface area contributed by atoms with E-state index in [1.165, 1.54) is 73.8 Å². The second-order valence-corrected chi connectivity index (χ2v) is 33.9. The Morgan fingerprint density at radius 2 is 1.17 bits per heavy atom. The first-order valence-corrected chi connectivity index (χ1v) is 40.6. The predicted octanol–water partition coefficient (Wildman–Crippen LogP) is 6.88. The molecule has 26 nitrogen and oxygen atoms in total. The smallest absolute Gasteiger partial charge is 0.381 e. The molecule has 3 heterocycles. The Hall–Kier alpha value is -6.72. The van der Waals surface area contributed by atoms with E-state index < -0.39 is 194 Å². The number of carbonyl (C=O) groups is 12. The van der Waals surface area contributed by atoms with Crippen LogP contribution in [0, 0.1) is 41.4 Å². The zero-order valence-corrected chi connectivity index (χ0v) is 67.6. The van der Waals surface area contributed by atoms with E-state index in [2.05, 4.69) is 16.0 Å². The summed E-state index contributed by atoms with van der Waals surface area (Å²) in [5, 5.41) is 8.83. The maximum Gasteiger partial charge on any atom is 0.394 e. The number of ether oxygens (including phenoxy) is 2. The Morgan fingerprint density at radius 3 is 1.79 bits per heavy atom. The number of nitrogens with one attached hydrogen (secondary N) is 3. The highest BCUT2D eigenvalue weighted by Crippen LogP contribution is 2.43. The first-order chi connectivity index (χ1) is 51.4. The van der Waals surface area contributed by atoms with E-state index in [0.717, 1.165) is 72.5 Å². The molecular weight excluding hydrogens is 1420 g/mol. The van der Waals surface area contributed by atoms with Crippen LogP contribution in [0.3, 0.4) is 0 Å². The van der Waals surface area contributed by atoms with E-state index in [1.807, 2.05) is 34.6 Å². The molecule has 0 aromatic heterocycles. The molecule has 109 heavy (non-hydrogen) atoms. The van der Waals surface area contributed by atoms with Gasteiger partial charge in [-0.2, -0.15) is 13.2 Å². The maximum atomic E-state index is 15.8. The third-order valence-electron chi connectivity index (χ3n) is 24.8. The standard InChI is InChI=1S/C79H130F4N12O14/c1-15-51(6)69-76(106)89(9)46-67(98)87(7)47-68(99)91(11)63(41-52-25-18-16-19-26-52)73(103)88(8)45-65(96)84-59(32-30-53-29-31-57(58(80)40-53)79(81,82)83)72(102)95-44-56(109-48-54-27-24-28-55(39-54)108-14)42-61(95)71(101)86-78(33-20-21-34-78)77(107)93(13)62(38-50(4)5)74(104)92(12)64(75(105)94-35-22-17-23-36-94)43-66(97)90(10)60(37-49(2)3)70(100)85-69/h49-64,69H,15-48H2,1-14H3,(H,84,96)(H,85,100)(H,86,101)/t51-,53?,54?,55?,56+,57?,58?,59-,60-,61-,62-,63-,64-,69-/m0/s1. The van der Waals surface area contributed by atoms with Crippen LogP contribution in [0.4, 0.5) is 17.6 Å². The average molecular weight is 1550 g/mol. The van der Waals surface area contributed by atoms with E-state index in [1.54, 1.807) is 18.9 Å². The van der Waals surface area contributed by atoms with Crippen molar-refractivity contribution >= 4 is 70.9 Å². The van der Waals surface area contributed by atoms with Gasteiger partial charge in [0.05, 0.1) is 44.2 Å². The molecule has 1 spiro atoms. The van der Waals surface area contributed by atoms with Crippen LogP contribution in [0.1, 0.15) is 215 Å². The SMILES string of the molecule is CC[C@H](C)[C@@H]1NC(=O)[C@H](CC(C)C)N(C)C(=O)C[C@@H](C(=O)N2CCCCC2)N(C)C(=O)[C@H](CC(C)C)N(C)C(=O)C2(CCCC2)NC(=O)[C@@H]2C[C@@H](OCC3CCCC(OC)C3)CN2C(=O)[C@H](CCC2CCC(C(F)(F)F)C(F)C2)NC(=O)CN(C)C(=O)[C@H](CC2CCCCC2)N(C)C(=O)CN(C)C(=O)CN(C)C1=O. The van der Waals surface area contributed by atoms with Crippen molar-refractivity contribution in [3.05, 3.63) is 0 Å². The van der Waals surface area contributed by atoms with E-state index in [-0.39, 0.29) is 101 Å². The van der Waals surface area contributed by atoms with Crippen LogP contribution in [0.5, 0.6) is 0 Å². The van der Waals surface area contributed by atoms with Crippen LogP contribution >= 0.6 is 0 Å². The molecule has 7 aliphatic rings. The predicted molar refractivity (Wildman–Crippen MR) is 401 cm³/mol. The number of methoxy groups -OCH3 is 1. The lowest BCUT2D eigenvalue weighted by Gasteiger charge is -2.41. The number of carbonyl (C=O) groups excluding carboxylic acids is 12. The van der Waals surface area contributed by atoms with Gasteiger partial charge in [0.25, 0.3) is 0 Å². The number of fused-ring (bicyclic) bond motifs is 1. The van der Waals surface area contributed by atoms with E-state index in [9.17, 15) is 37.1 Å². The number of halogens is 4. The van der Waals surface area contributed by atoms with Crippen LogP contribution < -0.4 is 16.0 Å². The molecule has 5 unspecified atom stereocenters. The highest BCUT2D eigenvalue weighted by Gasteiger charge is 2.53. The second-order valence-electron chi connectivity index (χ2n) is 33.9. The summed E-state index contributed by atoms with van der Waals surface area (Å²) >= 11 is 0. The van der Waals surface area contributed by atoms with Crippen molar-refractivity contribution in [2.45, 2.75) is 287 Å². The Kier molecular flexibility index (Phi) is 33.4. The molecule has 14 atom stereocenters. The van der Waals surface area contributed by atoms with Crippen molar-refractivity contribution in [1.29, 1.82) is 0 Å². The van der Waals surface area contributed by atoms with Crippen molar-refractivity contribution in [2.24, 2.45) is 41.4 Å². The minimum Gasteiger partial charge on any atom is -0.381 e. The molecule has 7 fully saturated rings. The highest BCUT2D eigenvalue weighted by molar-refractivity contribution is 6.00. The zero-order chi connectivity index (χ0) is 80.5. The largest absolute Gasteiger partial charge is 0.394 e. The van der Waals surface area contributed by atoms with Gasteiger partial charge in [-0.05, 0) is 138 Å². The summed E-state index contributed by atoms with van der Waals surface area (Å²) in [5.41, 5.74) is -1.66. The quantitative estimate of drug-likeness (QED) is 0.133. The van der Waals surface area contributed by atoms with Crippen molar-refractivity contribution in [3.63, 3.8) is 0 Å². The number of alkyl halides is 4. The molecule has 3 aliphatic heterocycles. The van der Waals surface area contributed by atoms with Gasteiger partial charge in [0.2, 0.25) is 70.9 Å². The van der Waals surface area contributed by atoms with Gasteiger partial charge in [0.15, 0.2) is 0 Å². The molecule has 618 valence electrons. The van der Waals surface area contributed by atoms with Crippen molar-refractivity contribution in [3.8, 4) is 0 Å². The molecular formula is C79H130F4N12O14. The molecule has 3 saturated heterocycles. The molecule has 30 heteroatoms. The normalized spacial score (nSPS) is 30.6. The summed E-state index contributed by atoms with van der Waals surface area (Å²) in [6.07, 6.45) is 2.05. The Labute approximate surface area is 643 Å². The van der Waals surface area contributed by atoms with Gasteiger partial charge in [0.1, 0.15) is 54.0 Å². The molecule has 0 aromatic carbocycles. The third-order valence-corrected chi connectivity index (χ3v) is 24.8. The molecule has 0 aromatic rings. The van der Waals surface area contributed by atoms with Crippen molar-refractivity contribution in [1.82, 2.24) is 60.0 Å². The Morgan fingerprint density at radius 1 is 0.569 bits per heavy atom. The maximum absolute atomic E-state index is 15.8. The molecule has 4 saturated carbocycles. The zero-order valence-electron chi connectivity index (χ0n) is 67.6. The van der Waals surface area contributed by atoms with Gasteiger partial charge in [-0.1, -0.05) is 99.3 Å². The van der Waals surface area contributed by atoms with Gasteiger partial charge in [-0.15, -0.1) is 0 Å². The average Bonchev–Trinajstić information content (AvgIpc) is 1.70. The summed E-state index contributed by atoms with van der Waals surface area (Å²) in [6.45, 7) is 10.1. The number of likely N-dealkylation sites (tertiary alicyclic amines) is 1. The van der Waals surface area contributed by atoms with Crippen LogP contribution in [-0.2, 0) is 67.0 Å². The number of hydrogen-bond acceptors (Lipinski definition) is 14. The minimum absolute atomic E-state index is 0.00181. The molecule has 0 radical (unpaired) electrons. The lowest BCUT2D eigenvalue weighted by molar-refractivity contribution is -0.201. The first kappa shape index (κ1) is 89.5. The van der Waals surface area contributed by atoms with Gasteiger partial charge >= 0.3 is 6.18 Å². The van der Waals surface area contributed by atoms with Crippen LogP contribution in [-0.4, -0.2) is 290 Å². The van der Waals surface area contributed by atoms with Gasteiger partial charge in [-0.25, -0.2) is 4.39 Å². The molecule has 4 aliphatic carbocycles. The van der Waals surface area contributed by atoms with E-state index in [0.29, 0.717) is 51.6 Å². The third kappa shape index (κ3) is 23.9. The Bertz CT molecular complexity index is 3130. The molecule has 0 bridgehead atoms. The van der Waals surface area contributed by atoms with E-state index >= 15 is 38.0 Å². The topological polar surface area (TPSA) is 289 Å². The van der Waals surface area contributed by atoms with Crippen LogP contribution in [0.2, 0.25) is 0 Å². The fraction of sp³-hybridized carbons (Fsp3) is 0.848. The lowest BCUT2D eigenvalue weighted by Crippen LogP contribution is -2.64. The summed E-state index contributed by atoms with van der Waals surface area (Å²) in [5.74, 6) is -11.8. The molecule has 7 rings (SSSR count). The van der Waals surface area contributed by atoms with Crippen LogP contribution in [0.15, 0.2) is 0 Å². The fourth-order valence-electron chi connectivity index (χ4n) is 17.6. The fourth-order valence-corrected chi connectivity index (χ4v) is 17.6. The number of nitrogens with zero attached hydrogens (tertiary/aromatic N) is 9. The van der Waals surface area contributed by atoms with Crippen molar-refractivity contribution in [2.75, 3.05) is 102 Å². The molecule has 3 N–H and O–H groups in total. The minimum atomic E-state index is -4.78. The lowest BCUT2D eigenvalue weighted by atomic mass is 9.78. The van der Waals surface area contributed by atoms with Crippen LogP contribution in [0.25, 0.3) is 0 Å². The number of hydrogen-bond donors (Lipinski definition) is 3. The number of piperidine rings is 1. The highest BCUT2D eigenvalue weighted by atomic mass is 19.4. The number of rotatable bonds is 16. The summed E-state index contributed by atoms with van der Waals surface area (Å²) in [7, 11) is 11.5. The van der Waals surface area contributed by atoms with Gasteiger partial charge in [-0.3, -0.25) is 57.5 Å².